The second kappa shape index (κ2) is 6.95. The van der Waals surface area contributed by atoms with Crippen molar-refractivity contribution in [1.29, 1.82) is 0 Å². The number of benzene rings is 1. The molecule has 3 heterocycles. The van der Waals surface area contributed by atoms with Crippen LogP contribution in [0.3, 0.4) is 0 Å². The van der Waals surface area contributed by atoms with Crippen molar-refractivity contribution in [3.8, 4) is 10.9 Å². The zero-order valence-corrected chi connectivity index (χ0v) is 15.4. The number of carbonyl (C=O) groups excluding carboxylic acids is 1. The number of aryl methyl sites for hydroxylation is 1. The number of nitrogens with zero attached hydrogens (tertiary/aromatic N) is 3. The van der Waals surface area contributed by atoms with E-state index < -0.39 is 0 Å². The second-order valence-electron chi connectivity index (χ2n) is 6.25. The lowest BCUT2D eigenvalue weighted by molar-refractivity contribution is 0.0586. The van der Waals surface area contributed by atoms with Gasteiger partial charge in [-0.05, 0) is 19.1 Å². The van der Waals surface area contributed by atoms with Crippen LogP contribution in [0.15, 0.2) is 28.8 Å². The lowest BCUT2D eigenvalue weighted by atomic mass is 10.1. The molecule has 1 amide bonds. The summed E-state index contributed by atoms with van der Waals surface area (Å²) >= 11 is 1.53. The van der Waals surface area contributed by atoms with Crippen LogP contribution in [0.4, 0.5) is 0 Å². The molecule has 26 heavy (non-hydrogen) atoms. The van der Waals surface area contributed by atoms with E-state index in [2.05, 4.69) is 10.1 Å². The van der Waals surface area contributed by atoms with Crippen molar-refractivity contribution in [2.45, 2.75) is 25.9 Å². The molecule has 1 saturated heterocycles. The average molecular weight is 373 g/mol. The van der Waals surface area contributed by atoms with Gasteiger partial charge in [-0.3, -0.25) is 4.79 Å². The molecule has 0 unspecified atom stereocenters. The largest absolute Gasteiger partial charge is 0.497 e. The fourth-order valence-electron chi connectivity index (χ4n) is 3.01. The van der Waals surface area contributed by atoms with Gasteiger partial charge >= 0.3 is 0 Å². The standard InChI is InChI=1S/C18H19N3O4S/c1-11-9-15(20-25-11)17(22)21-7-5-12(6-8-21)24-18-19-14-10-13(23-2)3-4-16(14)26-18/h3-4,9-10,12H,5-8H2,1-2H3. The first kappa shape index (κ1) is 16.8. The van der Waals surface area contributed by atoms with E-state index in [0.29, 0.717) is 29.7 Å². The third-order valence-corrected chi connectivity index (χ3v) is 5.35. The number of thiazole rings is 1. The van der Waals surface area contributed by atoms with Crippen molar-refractivity contribution in [3.63, 3.8) is 0 Å². The number of likely N-dealkylation sites (tertiary alicyclic amines) is 1. The Labute approximate surface area is 154 Å². The van der Waals surface area contributed by atoms with E-state index in [4.69, 9.17) is 14.0 Å². The molecule has 1 fully saturated rings. The van der Waals surface area contributed by atoms with E-state index in [-0.39, 0.29) is 12.0 Å². The summed E-state index contributed by atoms with van der Waals surface area (Å²) in [6.45, 7) is 3.04. The summed E-state index contributed by atoms with van der Waals surface area (Å²) in [5.74, 6) is 1.33. The first-order valence-corrected chi connectivity index (χ1v) is 9.28. The van der Waals surface area contributed by atoms with E-state index >= 15 is 0 Å². The Hall–Kier alpha value is -2.61. The van der Waals surface area contributed by atoms with Crippen LogP contribution in [-0.4, -0.2) is 47.3 Å². The summed E-state index contributed by atoms with van der Waals surface area (Å²) < 4.78 is 17.3. The van der Waals surface area contributed by atoms with Gasteiger partial charge in [-0.2, -0.15) is 0 Å². The maximum absolute atomic E-state index is 12.4. The predicted molar refractivity (Wildman–Crippen MR) is 97.0 cm³/mol. The molecule has 0 spiro atoms. The van der Waals surface area contributed by atoms with Gasteiger partial charge in [0.1, 0.15) is 17.6 Å². The molecule has 8 heteroatoms. The van der Waals surface area contributed by atoms with Crippen molar-refractivity contribution >= 4 is 27.5 Å². The summed E-state index contributed by atoms with van der Waals surface area (Å²) in [6, 6.07) is 7.47. The van der Waals surface area contributed by atoms with Gasteiger partial charge in [0.2, 0.25) is 0 Å². The maximum Gasteiger partial charge on any atom is 0.276 e. The minimum atomic E-state index is -0.0904. The molecule has 0 saturated carbocycles. The highest BCUT2D eigenvalue weighted by molar-refractivity contribution is 7.20. The number of rotatable bonds is 4. The Morgan fingerprint density at radius 1 is 1.31 bits per heavy atom. The van der Waals surface area contributed by atoms with E-state index in [9.17, 15) is 4.79 Å². The first-order chi connectivity index (χ1) is 12.6. The molecule has 0 bridgehead atoms. The third kappa shape index (κ3) is 3.37. The summed E-state index contributed by atoms with van der Waals surface area (Å²) in [5.41, 5.74) is 1.24. The molecule has 4 rings (SSSR count). The van der Waals surface area contributed by atoms with E-state index in [1.54, 1.807) is 25.0 Å². The number of amides is 1. The molecule has 0 radical (unpaired) electrons. The number of hydrogen-bond donors (Lipinski definition) is 0. The van der Waals surface area contributed by atoms with Crippen LogP contribution in [0.5, 0.6) is 10.9 Å². The Kier molecular flexibility index (Phi) is 4.50. The molecule has 2 aromatic heterocycles. The molecule has 0 N–H and O–H groups in total. The van der Waals surface area contributed by atoms with Gasteiger partial charge in [-0.15, -0.1) is 0 Å². The minimum Gasteiger partial charge on any atom is -0.497 e. The van der Waals surface area contributed by atoms with Crippen molar-refractivity contribution in [3.05, 3.63) is 35.7 Å². The predicted octanol–water partition coefficient (Wildman–Crippen LogP) is 3.28. The number of aromatic nitrogens is 2. The minimum absolute atomic E-state index is 0.0561. The summed E-state index contributed by atoms with van der Waals surface area (Å²) in [6.07, 6.45) is 1.59. The van der Waals surface area contributed by atoms with Gasteiger partial charge in [0.25, 0.3) is 11.1 Å². The molecule has 3 aromatic rings. The molecular weight excluding hydrogens is 354 g/mol. The Morgan fingerprint density at radius 2 is 2.12 bits per heavy atom. The van der Waals surface area contributed by atoms with Gasteiger partial charge in [-0.1, -0.05) is 16.5 Å². The fourth-order valence-corrected chi connectivity index (χ4v) is 3.87. The highest BCUT2D eigenvalue weighted by Crippen LogP contribution is 2.32. The average Bonchev–Trinajstić information content (AvgIpc) is 3.26. The van der Waals surface area contributed by atoms with Crippen molar-refractivity contribution in [1.82, 2.24) is 15.0 Å². The molecule has 1 aromatic carbocycles. The van der Waals surface area contributed by atoms with Crippen molar-refractivity contribution in [2.75, 3.05) is 20.2 Å². The third-order valence-electron chi connectivity index (χ3n) is 4.42. The lowest BCUT2D eigenvalue weighted by Crippen LogP contribution is -2.41. The van der Waals surface area contributed by atoms with Crippen LogP contribution in [-0.2, 0) is 0 Å². The Balaban J connectivity index is 1.37. The highest BCUT2D eigenvalue weighted by Gasteiger charge is 2.27. The maximum atomic E-state index is 12.4. The van der Waals surface area contributed by atoms with Crippen LogP contribution in [0, 0.1) is 6.92 Å². The van der Waals surface area contributed by atoms with Gasteiger partial charge < -0.3 is 18.9 Å². The summed E-state index contributed by atoms with van der Waals surface area (Å²) in [7, 11) is 1.64. The Bertz CT molecular complexity index is 928. The first-order valence-electron chi connectivity index (χ1n) is 8.46. The lowest BCUT2D eigenvalue weighted by Gasteiger charge is -2.31. The molecule has 0 atom stereocenters. The number of carbonyl (C=O) groups is 1. The van der Waals surface area contributed by atoms with Crippen LogP contribution in [0.1, 0.15) is 29.1 Å². The van der Waals surface area contributed by atoms with Crippen molar-refractivity contribution < 1.29 is 18.8 Å². The zero-order valence-electron chi connectivity index (χ0n) is 14.6. The van der Waals surface area contributed by atoms with Gasteiger partial charge in [0, 0.05) is 38.1 Å². The van der Waals surface area contributed by atoms with Gasteiger partial charge in [-0.25, -0.2) is 4.98 Å². The molecule has 1 aliphatic heterocycles. The molecule has 7 nitrogen and oxygen atoms in total. The van der Waals surface area contributed by atoms with E-state index in [1.807, 2.05) is 18.2 Å². The van der Waals surface area contributed by atoms with Crippen molar-refractivity contribution in [2.24, 2.45) is 0 Å². The number of methoxy groups -OCH3 is 1. The van der Waals surface area contributed by atoms with E-state index in [0.717, 1.165) is 28.8 Å². The fraction of sp³-hybridized carbons (Fsp3) is 0.389. The Morgan fingerprint density at radius 3 is 2.81 bits per heavy atom. The monoisotopic (exact) mass is 373 g/mol. The summed E-state index contributed by atoms with van der Waals surface area (Å²) in [5, 5.41) is 4.46. The molecule has 1 aliphatic rings. The topological polar surface area (TPSA) is 77.7 Å². The number of ether oxygens (including phenoxy) is 2. The van der Waals surface area contributed by atoms with Gasteiger partial charge in [0.15, 0.2) is 5.69 Å². The SMILES string of the molecule is COc1ccc2sc(OC3CCN(C(=O)c4cc(C)on4)CC3)nc2c1. The smallest absolute Gasteiger partial charge is 0.276 e. The highest BCUT2D eigenvalue weighted by atomic mass is 32.1. The molecule has 0 aliphatic carbocycles. The van der Waals surface area contributed by atoms with Crippen LogP contribution >= 0.6 is 11.3 Å². The summed E-state index contributed by atoms with van der Waals surface area (Å²) in [4.78, 5) is 18.7. The number of hydrogen-bond acceptors (Lipinski definition) is 7. The number of piperidine rings is 1. The normalized spacial score (nSPS) is 15.4. The molecule has 136 valence electrons. The van der Waals surface area contributed by atoms with Crippen LogP contribution in [0.2, 0.25) is 0 Å². The van der Waals surface area contributed by atoms with Crippen LogP contribution in [0.25, 0.3) is 10.2 Å². The second-order valence-corrected chi connectivity index (χ2v) is 7.24. The zero-order chi connectivity index (χ0) is 18.1. The van der Waals surface area contributed by atoms with E-state index in [1.165, 1.54) is 11.3 Å². The quantitative estimate of drug-likeness (QED) is 0.698. The van der Waals surface area contributed by atoms with Crippen LogP contribution < -0.4 is 9.47 Å². The molecular formula is C18H19N3O4S. The van der Waals surface area contributed by atoms with Gasteiger partial charge in [0.05, 0.1) is 17.3 Å². The number of fused-ring (bicyclic) bond motifs is 1.